The SMILES string of the molecule is C=C(C)C(=O)OCC(O)COc1c2ccccc2cc2ccc(OC)cc12. The molecule has 5 nitrogen and oxygen atoms in total. The molecule has 1 atom stereocenters. The lowest BCUT2D eigenvalue weighted by atomic mass is 10.0. The zero-order valence-corrected chi connectivity index (χ0v) is 15.4. The van der Waals surface area contributed by atoms with Crippen LogP contribution in [0.3, 0.4) is 0 Å². The molecule has 140 valence electrons. The van der Waals surface area contributed by atoms with Crippen molar-refractivity contribution in [1.82, 2.24) is 0 Å². The van der Waals surface area contributed by atoms with Gasteiger partial charge in [0, 0.05) is 16.3 Å². The molecule has 0 radical (unpaired) electrons. The highest BCUT2D eigenvalue weighted by molar-refractivity contribution is 6.05. The second-order valence-electron chi connectivity index (χ2n) is 6.36. The van der Waals surface area contributed by atoms with E-state index in [4.69, 9.17) is 14.2 Å². The molecule has 0 amide bonds. The van der Waals surface area contributed by atoms with Crippen LogP contribution in [0.5, 0.6) is 11.5 Å². The van der Waals surface area contributed by atoms with Gasteiger partial charge in [0.2, 0.25) is 0 Å². The third-order valence-electron chi connectivity index (χ3n) is 4.20. The number of methoxy groups -OCH3 is 1. The molecule has 0 saturated heterocycles. The van der Waals surface area contributed by atoms with Gasteiger partial charge >= 0.3 is 5.97 Å². The van der Waals surface area contributed by atoms with Crippen molar-refractivity contribution in [3.05, 3.63) is 60.7 Å². The lowest BCUT2D eigenvalue weighted by Crippen LogP contribution is -2.25. The first-order valence-electron chi connectivity index (χ1n) is 8.62. The van der Waals surface area contributed by atoms with Gasteiger partial charge in [-0.25, -0.2) is 4.79 Å². The van der Waals surface area contributed by atoms with Gasteiger partial charge in [0.05, 0.1) is 7.11 Å². The Morgan fingerprint density at radius 1 is 1.07 bits per heavy atom. The van der Waals surface area contributed by atoms with E-state index in [-0.39, 0.29) is 18.8 Å². The number of aliphatic hydroxyl groups excluding tert-OH is 1. The van der Waals surface area contributed by atoms with Gasteiger partial charge in [-0.15, -0.1) is 0 Å². The zero-order chi connectivity index (χ0) is 19.4. The number of aliphatic hydroxyl groups is 1. The Morgan fingerprint density at radius 3 is 2.56 bits per heavy atom. The number of carbonyl (C=O) groups is 1. The molecule has 0 saturated carbocycles. The Morgan fingerprint density at radius 2 is 1.81 bits per heavy atom. The molecule has 0 bridgehead atoms. The average Bonchev–Trinajstić information content (AvgIpc) is 2.68. The summed E-state index contributed by atoms with van der Waals surface area (Å²) in [6.07, 6.45) is -0.951. The first-order chi connectivity index (χ1) is 13.0. The molecule has 0 aliphatic rings. The van der Waals surface area contributed by atoms with E-state index >= 15 is 0 Å². The Hall–Kier alpha value is -3.05. The number of rotatable bonds is 7. The number of esters is 1. The van der Waals surface area contributed by atoms with Gasteiger partial charge in [-0.2, -0.15) is 0 Å². The van der Waals surface area contributed by atoms with Crippen LogP contribution in [-0.4, -0.2) is 37.5 Å². The minimum atomic E-state index is -0.951. The molecule has 0 fully saturated rings. The maximum absolute atomic E-state index is 11.5. The molecule has 3 aromatic rings. The summed E-state index contributed by atoms with van der Waals surface area (Å²) in [5.74, 6) is 0.847. The second kappa shape index (κ2) is 8.10. The van der Waals surface area contributed by atoms with Gasteiger partial charge < -0.3 is 19.3 Å². The standard InChI is InChI=1S/C22H22O5/c1-14(2)22(24)27-13-17(23)12-26-21-19-7-5-4-6-15(19)10-16-8-9-18(25-3)11-20(16)21/h4-11,17,23H,1,12-13H2,2-3H3. The van der Waals surface area contributed by atoms with Crippen LogP contribution in [0.2, 0.25) is 0 Å². The molecular formula is C22H22O5. The molecule has 1 unspecified atom stereocenters. The minimum Gasteiger partial charge on any atom is -0.497 e. The average molecular weight is 366 g/mol. The summed E-state index contributed by atoms with van der Waals surface area (Å²) in [6, 6.07) is 15.7. The van der Waals surface area contributed by atoms with Crippen LogP contribution in [0.25, 0.3) is 21.5 Å². The van der Waals surface area contributed by atoms with Crippen LogP contribution in [0.1, 0.15) is 6.92 Å². The van der Waals surface area contributed by atoms with Crippen molar-refractivity contribution < 1.29 is 24.1 Å². The highest BCUT2D eigenvalue weighted by atomic mass is 16.5. The lowest BCUT2D eigenvalue weighted by Gasteiger charge is -2.17. The smallest absolute Gasteiger partial charge is 0.333 e. The number of carbonyl (C=O) groups excluding carboxylic acids is 1. The molecule has 5 heteroatoms. The molecule has 27 heavy (non-hydrogen) atoms. The van der Waals surface area contributed by atoms with Gasteiger partial charge in [-0.05, 0) is 35.9 Å². The van der Waals surface area contributed by atoms with Crippen molar-refractivity contribution in [3.63, 3.8) is 0 Å². The lowest BCUT2D eigenvalue weighted by molar-refractivity contribution is -0.142. The Balaban J connectivity index is 1.88. The summed E-state index contributed by atoms with van der Waals surface area (Å²) in [7, 11) is 1.61. The van der Waals surface area contributed by atoms with E-state index in [1.807, 2.05) is 42.5 Å². The molecule has 0 aliphatic heterocycles. The van der Waals surface area contributed by atoms with Crippen LogP contribution in [-0.2, 0) is 9.53 Å². The second-order valence-corrected chi connectivity index (χ2v) is 6.36. The number of hydrogen-bond donors (Lipinski definition) is 1. The molecule has 0 aliphatic carbocycles. The van der Waals surface area contributed by atoms with E-state index in [0.29, 0.717) is 5.75 Å². The van der Waals surface area contributed by atoms with Gasteiger partial charge in [0.1, 0.15) is 30.8 Å². The summed E-state index contributed by atoms with van der Waals surface area (Å²) < 4.78 is 16.3. The van der Waals surface area contributed by atoms with Crippen molar-refractivity contribution >= 4 is 27.5 Å². The number of hydrogen-bond acceptors (Lipinski definition) is 5. The van der Waals surface area contributed by atoms with Crippen molar-refractivity contribution in [2.75, 3.05) is 20.3 Å². The molecule has 0 aromatic heterocycles. The van der Waals surface area contributed by atoms with E-state index in [1.165, 1.54) is 0 Å². The summed E-state index contributed by atoms with van der Waals surface area (Å²) >= 11 is 0. The van der Waals surface area contributed by atoms with Crippen molar-refractivity contribution in [1.29, 1.82) is 0 Å². The third-order valence-corrected chi connectivity index (χ3v) is 4.20. The van der Waals surface area contributed by atoms with E-state index in [2.05, 4.69) is 12.6 Å². The Bertz CT molecular complexity index is 993. The quantitative estimate of drug-likeness (QED) is 0.391. The highest BCUT2D eigenvalue weighted by Crippen LogP contribution is 2.36. The van der Waals surface area contributed by atoms with Crippen molar-refractivity contribution in [3.8, 4) is 11.5 Å². The summed E-state index contributed by atoms with van der Waals surface area (Å²) in [5.41, 5.74) is 0.287. The summed E-state index contributed by atoms with van der Waals surface area (Å²) in [4.78, 5) is 11.5. The maximum atomic E-state index is 11.5. The van der Waals surface area contributed by atoms with Gasteiger partial charge in [-0.1, -0.05) is 36.9 Å². The molecule has 1 N–H and O–H groups in total. The largest absolute Gasteiger partial charge is 0.497 e. The molecule has 0 heterocycles. The molecule has 3 aromatic carbocycles. The van der Waals surface area contributed by atoms with Gasteiger partial charge in [0.15, 0.2) is 0 Å². The van der Waals surface area contributed by atoms with Crippen LogP contribution < -0.4 is 9.47 Å². The summed E-state index contributed by atoms with van der Waals surface area (Å²) in [6.45, 7) is 4.90. The van der Waals surface area contributed by atoms with Gasteiger partial charge in [0.25, 0.3) is 0 Å². The Kier molecular flexibility index (Phi) is 5.62. The molecule has 3 rings (SSSR count). The fraction of sp³-hybridized carbons (Fsp3) is 0.227. The van der Waals surface area contributed by atoms with Crippen LogP contribution >= 0.6 is 0 Å². The fourth-order valence-corrected chi connectivity index (χ4v) is 2.81. The predicted octanol–water partition coefficient (Wildman–Crippen LogP) is 3.86. The maximum Gasteiger partial charge on any atom is 0.333 e. The first-order valence-corrected chi connectivity index (χ1v) is 8.62. The minimum absolute atomic E-state index is 0.0101. The van der Waals surface area contributed by atoms with Gasteiger partial charge in [-0.3, -0.25) is 0 Å². The fourth-order valence-electron chi connectivity index (χ4n) is 2.81. The van der Waals surface area contributed by atoms with Crippen LogP contribution in [0.4, 0.5) is 0 Å². The monoisotopic (exact) mass is 366 g/mol. The topological polar surface area (TPSA) is 65.0 Å². The van der Waals surface area contributed by atoms with E-state index < -0.39 is 12.1 Å². The number of fused-ring (bicyclic) bond motifs is 2. The number of benzene rings is 3. The Labute approximate surface area is 157 Å². The van der Waals surface area contributed by atoms with E-state index in [9.17, 15) is 9.90 Å². The molecular weight excluding hydrogens is 344 g/mol. The van der Waals surface area contributed by atoms with Crippen LogP contribution in [0, 0.1) is 0 Å². The van der Waals surface area contributed by atoms with E-state index in [1.54, 1.807) is 14.0 Å². The van der Waals surface area contributed by atoms with Crippen molar-refractivity contribution in [2.24, 2.45) is 0 Å². The summed E-state index contributed by atoms with van der Waals surface area (Å²) in [5, 5.41) is 14.0. The third kappa shape index (κ3) is 4.20. The predicted molar refractivity (Wildman–Crippen MR) is 105 cm³/mol. The first kappa shape index (κ1) is 18.7. The normalized spacial score (nSPS) is 12.0. The van der Waals surface area contributed by atoms with E-state index in [0.717, 1.165) is 27.3 Å². The number of ether oxygens (including phenoxy) is 3. The van der Waals surface area contributed by atoms with Crippen LogP contribution in [0.15, 0.2) is 60.7 Å². The molecule has 0 spiro atoms. The van der Waals surface area contributed by atoms with Crippen molar-refractivity contribution in [2.45, 2.75) is 13.0 Å². The highest BCUT2D eigenvalue weighted by Gasteiger charge is 2.14. The zero-order valence-electron chi connectivity index (χ0n) is 15.4.